The zero-order valence-corrected chi connectivity index (χ0v) is 6.13. The first-order valence-corrected chi connectivity index (χ1v) is 3.05. The van der Waals surface area contributed by atoms with Gasteiger partial charge in [0.15, 0.2) is 0 Å². The largest absolute Gasteiger partial charge is 0.390 e. The molecule has 2 radical (unpaired) electrons. The molecule has 1 N–H and O–H groups in total. The summed E-state index contributed by atoms with van der Waals surface area (Å²) in [6.45, 7) is 1.76. The fourth-order valence-corrected chi connectivity index (χ4v) is 0.910. The van der Waals surface area contributed by atoms with Crippen LogP contribution in [0.1, 0.15) is 11.4 Å². The number of aliphatic hydroxyl groups excluding tert-OH is 1. The highest BCUT2D eigenvalue weighted by Gasteiger charge is 2.05. The zero-order chi connectivity index (χ0) is 7.72. The number of aliphatic hydroxyl groups is 1. The second-order valence-electron chi connectivity index (χ2n) is 2.23. The minimum atomic E-state index is -0.0524. The van der Waals surface area contributed by atoms with Crippen LogP contribution in [0.25, 0.3) is 0 Å². The molecule has 1 aromatic heterocycles. The Kier molecular flexibility index (Phi) is 1.81. The fourth-order valence-electron chi connectivity index (χ4n) is 0.910. The minimum absolute atomic E-state index is 0.0524. The minimum Gasteiger partial charge on any atom is -0.390 e. The lowest BCUT2D eigenvalue weighted by Crippen LogP contribution is -2.11. The van der Waals surface area contributed by atoms with Gasteiger partial charge < -0.3 is 5.11 Å². The van der Waals surface area contributed by atoms with Crippen molar-refractivity contribution < 1.29 is 5.11 Å². The summed E-state index contributed by atoms with van der Waals surface area (Å²) in [7, 11) is 7.33. The van der Waals surface area contributed by atoms with Gasteiger partial charge in [0, 0.05) is 7.05 Å². The lowest BCUT2D eigenvalue weighted by molar-refractivity contribution is 0.271. The highest BCUT2D eigenvalue weighted by atomic mass is 16.3. The summed E-state index contributed by atoms with van der Waals surface area (Å²) < 4.78 is 1.59. The van der Waals surface area contributed by atoms with Crippen molar-refractivity contribution in [3.8, 4) is 0 Å². The molecular weight excluding hydrogens is 127 g/mol. The van der Waals surface area contributed by atoms with Crippen LogP contribution in [-0.2, 0) is 13.7 Å². The average molecular weight is 136 g/mol. The van der Waals surface area contributed by atoms with Gasteiger partial charge in [0.1, 0.15) is 7.85 Å². The number of aryl methyl sites for hydroxylation is 2. The van der Waals surface area contributed by atoms with Crippen molar-refractivity contribution in [3.05, 3.63) is 11.4 Å². The van der Waals surface area contributed by atoms with E-state index in [0.717, 1.165) is 5.69 Å². The monoisotopic (exact) mass is 136 g/mol. The maximum absolute atomic E-state index is 8.77. The van der Waals surface area contributed by atoms with Gasteiger partial charge in [-0.25, -0.2) is 0 Å². The Morgan fingerprint density at radius 2 is 2.30 bits per heavy atom. The van der Waals surface area contributed by atoms with Gasteiger partial charge in [-0.05, 0) is 6.92 Å². The summed E-state index contributed by atoms with van der Waals surface area (Å²) >= 11 is 0. The van der Waals surface area contributed by atoms with Crippen LogP contribution < -0.4 is 5.46 Å². The van der Waals surface area contributed by atoms with E-state index >= 15 is 0 Å². The second kappa shape index (κ2) is 2.46. The molecule has 1 heterocycles. The molecule has 1 aromatic rings. The molecule has 52 valence electrons. The van der Waals surface area contributed by atoms with Crippen LogP contribution in [0.15, 0.2) is 0 Å². The highest BCUT2D eigenvalue weighted by molar-refractivity contribution is 6.33. The molecule has 0 spiro atoms. The molecule has 1 rings (SSSR count). The van der Waals surface area contributed by atoms with Gasteiger partial charge in [0.05, 0.1) is 18.0 Å². The molecule has 3 nitrogen and oxygen atoms in total. The molecule has 4 heteroatoms. The summed E-state index contributed by atoms with van der Waals surface area (Å²) in [5, 5.41) is 12.8. The van der Waals surface area contributed by atoms with Gasteiger partial charge in [-0.2, -0.15) is 5.10 Å². The molecule has 0 bridgehead atoms. The smallest absolute Gasteiger partial charge is 0.119 e. The van der Waals surface area contributed by atoms with Crippen molar-refractivity contribution >= 4 is 13.3 Å². The Morgan fingerprint density at radius 3 is 2.50 bits per heavy atom. The predicted molar refractivity (Wildman–Crippen MR) is 39.3 cm³/mol. The van der Waals surface area contributed by atoms with Crippen molar-refractivity contribution in [3.63, 3.8) is 0 Å². The Bertz CT molecular complexity index is 244. The van der Waals surface area contributed by atoms with Crippen LogP contribution in [0.4, 0.5) is 0 Å². The van der Waals surface area contributed by atoms with E-state index in [1.54, 1.807) is 11.7 Å². The van der Waals surface area contributed by atoms with Gasteiger partial charge in [-0.15, -0.1) is 0 Å². The lowest BCUT2D eigenvalue weighted by atomic mass is 9.94. The standard InChI is InChI=1S/C6H9BN2O/c1-4-6(7)5(3-10)9(2)8-4/h10H,3H2,1-2H3. The number of hydrogen-bond acceptors (Lipinski definition) is 2. The first-order valence-electron chi connectivity index (χ1n) is 3.05. The SMILES string of the molecule is [B]c1c(C)nn(C)c1CO. The third-order valence-corrected chi connectivity index (χ3v) is 1.54. The van der Waals surface area contributed by atoms with Crippen molar-refractivity contribution in [2.24, 2.45) is 7.05 Å². The number of aromatic nitrogens is 2. The summed E-state index contributed by atoms with van der Waals surface area (Å²) in [6.07, 6.45) is 0. The summed E-state index contributed by atoms with van der Waals surface area (Å²) in [6, 6.07) is 0. The Labute approximate surface area is 61.1 Å². The molecule has 0 aromatic carbocycles. The van der Waals surface area contributed by atoms with E-state index in [1.807, 2.05) is 6.92 Å². The zero-order valence-electron chi connectivity index (χ0n) is 6.13. The van der Waals surface area contributed by atoms with Crippen LogP contribution in [0.3, 0.4) is 0 Å². The first kappa shape index (κ1) is 7.34. The normalized spacial score (nSPS) is 10.3. The molecule has 10 heavy (non-hydrogen) atoms. The number of nitrogens with zero attached hydrogens (tertiary/aromatic N) is 2. The molecule has 0 atom stereocenters. The van der Waals surface area contributed by atoms with Crippen molar-refractivity contribution in [1.29, 1.82) is 0 Å². The molecular formula is C6H9BN2O. The van der Waals surface area contributed by atoms with E-state index in [-0.39, 0.29) is 6.61 Å². The van der Waals surface area contributed by atoms with Gasteiger partial charge >= 0.3 is 0 Å². The van der Waals surface area contributed by atoms with Crippen molar-refractivity contribution in [2.45, 2.75) is 13.5 Å². The maximum atomic E-state index is 8.77. The molecule has 0 aliphatic heterocycles. The fraction of sp³-hybridized carbons (Fsp3) is 0.500. The number of rotatable bonds is 1. The predicted octanol–water partition coefficient (Wildman–Crippen LogP) is -0.985. The van der Waals surface area contributed by atoms with E-state index in [2.05, 4.69) is 5.10 Å². The van der Waals surface area contributed by atoms with E-state index < -0.39 is 0 Å². The first-order chi connectivity index (χ1) is 4.66. The maximum Gasteiger partial charge on any atom is 0.119 e. The highest BCUT2D eigenvalue weighted by Crippen LogP contribution is 1.95. The Morgan fingerprint density at radius 1 is 1.70 bits per heavy atom. The van der Waals surface area contributed by atoms with E-state index in [1.165, 1.54) is 0 Å². The summed E-state index contributed by atoms with van der Waals surface area (Å²) in [5.74, 6) is 0. The third-order valence-electron chi connectivity index (χ3n) is 1.54. The van der Waals surface area contributed by atoms with Crippen LogP contribution in [-0.4, -0.2) is 22.7 Å². The van der Waals surface area contributed by atoms with Crippen LogP contribution >= 0.6 is 0 Å². The topological polar surface area (TPSA) is 38.0 Å². The molecule has 0 amide bonds. The van der Waals surface area contributed by atoms with Crippen LogP contribution in [0.5, 0.6) is 0 Å². The second-order valence-corrected chi connectivity index (χ2v) is 2.23. The summed E-state index contributed by atoms with van der Waals surface area (Å²) in [5.41, 5.74) is 2.04. The van der Waals surface area contributed by atoms with Gasteiger partial charge in [0.25, 0.3) is 0 Å². The van der Waals surface area contributed by atoms with Crippen LogP contribution in [0, 0.1) is 6.92 Å². The molecule has 0 unspecified atom stereocenters. The third kappa shape index (κ3) is 0.947. The molecule has 0 aliphatic rings. The van der Waals surface area contributed by atoms with E-state index in [0.29, 0.717) is 11.2 Å². The van der Waals surface area contributed by atoms with Gasteiger partial charge in [-0.3, -0.25) is 4.68 Å². The van der Waals surface area contributed by atoms with Crippen molar-refractivity contribution in [2.75, 3.05) is 0 Å². The van der Waals surface area contributed by atoms with E-state index in [4.69, 9.17) is 13.0 Å². The van der Waals surface area contributed by atoms with Crippen LogP contribution in [0.2, 0.25) is 0 Å². The van der Waals surface area contributed by atoms with Crippen molar-refractivity contribution in [1.82, 2.24) is 9.78 Å². The molecule has 0 saturated heterocycles. The Hall–Kier alpha value is -0.765. The molecule has 0 aliphatic carbocycles. The molecule has 0 saturated carbocycles. The van der Waals surface area contributed by atoms with Gasteiger partial charge in [0.2, 0.25) is 0 Å². The quantitative estimate of drug-likeness (QED) is 0.503. The Balaban J connectivity index is 3.20. The average Bonchev–Trinajstić information content (AvgIpc) is 2.09. The van der Waals surface area contributed by atoms with E-state index in [9.17, 15) is 0 Å². The molecule has 0 fully saturated rings. The lowest BCUT2D eigenvalue weighted by Gasteiger charge is -1.96. The summed E-state index contributed by atoms with van der Waals surface area (Å²) in [4.78, 5) is 0. The van der Waals surface area contributed by atoms with Gasteiger partial charge in [-0.1, -0.05) is 5.46 Å². The number of hydrogen-bond donors (Lipinski definition) is 1.